The number of rotatable bonds is 2. The van der Waals surface area contributed by atoms with Gasteiger partial charge in [0.05, 0.1) is 0 Å². The number of ether oxygens (including phenoxy) is 2. The van der Waals surface area contributed by atoms with Crippen LogP contribution in [0.25, 0.3) is 0 Å². The highest BCUT2D eigenvalue weighted by molar-refractivity contribution is 6.01. The van der Waals surface area contributed by atoms with Crippen LogP contribution in [0, 0.1) is 0 Å². The second-order valence-electron chi connectivity index (χ2n) is 6.86. The van der Waals surface area contributed by atoms with E-state index in [4.69, 9.17) is 20.9 Å². The van der Waals surface area contributed by atoms with Gasteiger partial charge in [0, 0.05) is 0 Å². The number of aromatic nitrogens is 1. The summed E-state index contributed by atoms with van der Waals surface area (Å²) in [5, 5.41) is 0. The largest absolute Gasteiger partial charge is 0.456 e. The minimum Gasteiger partial charge on any atom is -0.456 e. The summed E-state index contributed by atoms with van der Waals surface area (Å²) < 4.78 is 10.5. The van der Waals surface area contributed by atoms with Crippen LogP contribution in [0.4, 0.5) is 11.6 Å². The van der Waals surface area contributed by atoms with Gasteiger partial charge >= 0.3 is 11.9 Å². The van der Waals surface area contributed by atoms with Crippen LogP contribution in [0.15, 0.2) is 6.07 Å². The number of carbonyl (C=O) groups is 2. The molecule has 0 aromatic carbocycles. The van der Waals surface area contributed by atoms with Crippen LogP contribution in [0.3, 0.4) is 0 Å². The Morgan fingerprint density at radius 1 is 0.864 bits per heavy atom. The Morgan fingerprint density at radius 2 is 1.18 bits per heavy atom. The van der Waals surface area contributed by atoms with Gasteiger partial charge in [-0.05, 0) is 47.6 Å². The molecule has 0 atom stereocenters. The molecule has 1 heterocycles. The van der Waals surface area contributed by atoms with E-state index in [9.17, 15) is 9.59 Å². The third-order valence-electron chi connectivity index (χ3n) is 2.32. The summed E-state index contributed by atoms with van der Waals surface area (Å²) in [6.07, 6.45) is 0. The first kappa shape index (κ1) is 17.7. The topological polar surface area (TPSA) is 118 Å². The molecule has 122 valence electrons. The van der Waals surface area contributed by atoms with E-state index in [1.165, 1.54) is 6.07 Å². The Hall–Kier alpha value is -2.31. The molecule has 4 N–H and O–H groups in total. The van der Waals surface area contributed by atoms with Crippen molar-refractivity contribution in [2.24, 2.45) is 0 Å². The molecule has 22 heavy (non-hydrogen) atoms. The number of nitrogens with two attached hydrogens (primary N) is 2. The molecule has 0 amide bonds. The molecule has 0 aliphatic carbocycles. The van der Waals surface area contributed by atoms with E-state index in [2.05, 4.69) is 4.98 Å². The number of hydrogen-bond acceptors (Lipinski definition) is 7. The number of nitrogen functional groups attached to an aromatic ring is 2. The van der Waals surface area contributed by atoms with Crippen LogP contribution >= 0.6 is 0 Å². The first-order valence-electron chi connectivity index (χ1n) is 6.83. The lowest BCUT2D eigenvalue weighted by Crippen LogP contribution is -2.27. The van der Waals surface area contributed by atoms with Crippen molar-refractivity contribution in [3.63, 3.8) is 0 Å². The number of nitrogens with zero attached hydrogens (tertiary/aromatic N) is 1. The first-order chi connectivity index (χ1) is 9.80. The highest BCUT2D eigenvalue weighted by Gasteiger charge is 2.26. The molecule has 1 aromatic rings. The van der Waals surface area contributed by atoms with Gasteiger partial charge in [-0.3, -0.25) is 0 Å². The lowest BCUT2D eigenvalue weighted by Gasteiger charge is -2.21. The van der Waals surface area contributed by atoms with Gasteiger partial charge < -0.3 is 20.9 Å². The lowest BCUT2D eigenvalue weighted by molar-refractivity contribution is 0.00684. The van der Waals surface area contributed by atoms with Crippen molar-refractivity contribution in [2.75, 3.05) is 11.5 Å². The van der Waals surface area contributed by atoms with Gasteiger partial charge in [-0.25, -0.2) is 14.6 Å². The van der Waals surface area contributed by atoms with Crippen LogP contribution in [-0.2, 0) is 9.47 Å². The van der Waals surface area contributed by atoms with E-state index in [1.807, 2.05) is 0 Å². The van der Waals surface area contributed by atoms with Crippen LogP contribution in [0.5, 0.6) is 0 Å². The number of esters is 2. The molecular weight excluding hydrogens is 286 g/mol. The Labute approximate surface area is 130 Å². The standard InChI is InChI=1S/C15H23N3O4/c1-14(2,3)21-12(19)8-7-9(11(17)18-10(8)16)13(20)22-15(4,5)6/h7H,1-6H3,(H4,16,17,18). The summed E-state index contributed by atoms with van der Waals surface area (Å²) in [5.74, 6) is -1.55. The molecule has 0 unspecified atom stereocenters. The molecule has 0 radical (unpaired) electrons. The normalized spacial score (nSPS) is 11.9. The predicted molar refractivity (Wildman–Crippen MR) is 83.4 cm³/mol. The monoisotopic (exact) mass is 309 g/mol. The predicted octanol–water partition coefficient (Wildman–Crippen LogP) is 2.16. The highest BCUT2D eigenvalue weighted by Crippen LogP contribution is 2.22. The molecule has 0 aliphatic heterocycles. The fourth-order valence-corrected chi connectivity index (χ4v) is 1.54. The lowest BCUT2D eigenvalue weighted by atomic mass is 10.1. The molecule has 7 nitrogen and oxygen atoms in total. The summed E-state index contributed by atoms with van der Waals surface area (Å²) in [7, 11) is 0. The Bertz CT molecular complexity index is 549. The summed E-state index contributed by atoms with van der Waals surface area (Å²) in [5.41, 5.74) is 9.95. The molecular formula is C15H23N3O4. The van der Waals surface area contributed by atoms with Crippen molar-refractivity contribution in [3.8, 4) is 0 Å². The van der Waals surface area contributed by atoms with Crippen LogP contribution in [0.2, 0.25) is 0 Å². The van der Waals surface area contributed by atoms with E-state index >= 15 is 0 Å². The maximum Gasteiger partial charge on any atom is 0.342 e. The molecule has 0 saturated heterocycles. The van der Waals surface area contributed by atoms with Gasteiger partial charge in [0.1, 0.15) is 34.0 Å². The molecule has 0 saturated carbocycles. The van der Waals surface area contributed by atoms with Crippen molar-refractivity contribution in [1.29, 1.82) is 0 Å². The minimum atomic E-state index is -0.697. The fourth-order valence-electron chi connectivity index (χ4n) is 1.54. The Kier molecular flexibility index (Phi) is 4.70. The molecule has 1 aromatic heterocycles. The van der Waals surface area contributed by atoms with E-state index in [-0.39, 0.29) is 22.8 Å². The molecule has 0 spiro atoms. The molecule has 1 rings (SSSR count). The maximum atomic E-state index is 12.1. The average molecular weight is 309 g/mol. The van der Waals surface area contributed by atoms with Gasteiger partial charge in [0.2, 0.25) is 0 Å². The molecule has 0 fully saturated rings. The summed E-state index contributed by atoms with van der Waals surface area (Å²) >= 11 is 0. The van der Waals surface area contributed by atoms with Gasteiger partial charge in [0.15, 0.2) is 0 Å². The second-order valence-corrected chi connectivity index (χ2v) is 6.86. The van der Waals surface area contributed by atoms with E-state index in [1.54, 1.807) is 41.5 Å². The van der Waals surface area contributed by atoms with E-state index in [0.29, 0.717) is 0 Å². The summed E-state index contributed by atoms with van der Waals surface area (Å²) in [6.45, 7) is 10.3. The smallest absolute Gasteiger partial charge is 0.342 e. The molecule has 0 aliphatic rings. The van der Waals surface area contributed by atoms with E-state index in [0.717, 1.165) is 0 Å². The summed E-state index contributed by atoms with van der Waals surface area (Å²) in [6, 6.07) is 1.25. The van der Waals surface area contributed by atoms with Gasteiger partial charge in [-0.15, -0.1) is 0 Å². The molecule has 0 bridgehead atoms. The summed E-state index contributed by atoms with van der Waals surface area (Å²) in [4.78, 5) is 28.1. The zero-order valence-corrected chi connectivity index (χ0v) is 13.8. The second kappa shape index (κ2) is 5.82. The fraction of sp³-hybridized carbons (Fsp3) is 0.533. The van der Waals surface area contributed by atoms with Gasteiger partial charge in [-0.2, -0.15) is 0 Å². The Morgan fingerprint density at radius 3 is 1.45 bits per heavy atom. The SMILES string of the molecule is CC(C)(C)OC(=O)c1cc(C(=O)OC(C)(C)C)c(N)nc1N. The Balaban J connectivity index is 3.20. The van der Waals surface area contributed by atoms with E-state index < -0.39 is 23.1 Å². The number of anilines is 2. The maximum absolute atomic E-state index is 12.1. The van der Waals surface area contributed by atoms with Gasteiger partial charge in [0.25, 0.3) is 0 Å². The highest BCUT2D eigenvalue weighted by atomic mass is 16.6. The van der Waals surface area contributed by atoms with Crippen LogP contribution < -0.4 is 11.5 Å². The molecule has 7 heteroatoms. The third-order valence-corrected chi connectivity index (χ3v) is 2.32. The van der Waals surface area contributed by atoms with Gasteiger partial charge in [-0.1, -0.05) is 0 Å². The average Bonchev–Trinajstić information content (AvgIpc) is 2.23. The van der Waals surface area contributed by atoms with Crippen LogP contribution in [-0.4, -0.2) is 28.1 Å². The number of pyridine rings is 1. The van der Waals surface area contributed by atoms with Crippen molar-refractivity contribution in [2.45, 2.75) is 52.7 Å². The zero-order chi connectivity index (χ0) is 17.3. The van der Waals surface area contributed by atoms with Crippen molar-refractivity contribution >= 4 is 23.6 Å². The van der Waals surface area contributed by atoms with Crippen LogP contribution in [0.1, 0.15) is 62.3 Å². The number of hydrogen-bond donors (Lipinski definition) is 2. The van der Waals surface area contributed by atoms with Crippen molar-refractivity contribution in [1.82, 2.24) is 4.98 Å². The minimum absolute atomic E-state index is 0.0232. The van der Waals surface area contributed by atoms with Crippen molar-refractivity contribution in [3.05, 3.63) is 17.2 Å². The quantitative estimate of drug-likeness (QED) is 0.803. The van der Waals surface area contributed by atoms with Crippen molar-refractivity contribution < 1.29 is 19.1 Å². The number of carbonyl (C=O) groups excluding carboxylic acids is 2. The third kappa shape index (κ3) is 4.91. The first-order valence-corrected chi connectivity index (χ1v) is 6.83. The zero-order valence-electron chi connectivity index (χ0n) is 13.8.